The second-order valence-corrected chi connectivity index (χ2v) is 3.89. The Bertz CT molecular complexity index is 262. The second-order valence-electron chi connectivity index (χ2n) is 3.89. The monoisotopic (exact) mass is 176 g/mol. The maximum Gasteiger partial charge on any atom is 0.167 e. The van der Waals surface area contributed by atoms with Crippen LogP contribution in [-0.4, -0.2) is 17.8 Å². The maximum absolute atomic E-state index is 4.01. The molecule has 70 valence electrons. The maximum atomic E-state index is 4.01. The molecule has 0 spiro atoms. The fraction of sp³-hybridized carbons (Fsp3) is 0.417. The van der Waals surface area contributed by atoms with Gasteiger partial charge in [-0.3, -0.25) is 0 Å². The molecule has 13 heavy (non-hydrogen) atoms. The van der Waals surface area contributed by atoms with Crippen LogP contribution in [0.15, 0.2) is 30.3 Å². The minimum absolute atomic E-state index is 0.682. The Morgan fingerprint density at radius 2 is 1.85 bits per heavy atom. The third kappa shape index (κ3) is 3.88. The Hall–Kier alpha value is -1.11. The van der Waals surface area contributed by atoms with Gasteiger partial charge in [0.2, 0.25) is 0 Å². The molecule has 0 aliphatic rings. The summed E-state index contributed by atoms with van der Waals surface area (Å²) in [5.74, 6) is 0.682. The van der Waals surface area contributed by atoms with Crippen molar-refractivity contribution in [2.24, 2.45) is 5.92 Å². The first-order valence-electron chi connectivity index (χ1n) is 4.78. The lowest BCUT2D eigenvalue weighted by Gasteiger charge is -2.04. The number of hydrogen-bond acceptors (Lipinski definition) is 0. The third-order valence-electron chi connectivity index (χ3n) is 1.87. The summed E-state index contributed by atoms with van der Waals surface area (Å²) in [6.45, 7) is 10.4. The van der Waals surface area contributed by atoms with E-state index in [9.17, 15) is 0 Å². The zero-order valence-corrected chi connectivity index (χ0v) is 8.53. The molecule has 0 saturated carbocycles. The summed E-state index contributed by atoms with van der Waals surface area (Å²) in [6, 6.07) is 10.5. The van der Waals surface area contributed by atoms with Crippen LogP contribution in [0.3, 0.4) is 0 Å². The van der Waals surface area contributed by atoms with Crippen LogP contribution in [0, 0.1) is 5.92 Å². The van der Waals surface area contributed by atoms with Crippen molar-refractivity contribution in [1.82, 2.24) is 0 Å². The SMILES string of the molecule is C=[N+](Cc1ccccc1)CC(C)C. The molecule has 0 aliphatic heterocycles. The molecule has 1 aromatic rings. The Morgan fingerprint density at radius 3 is 2.38 bits per heavy atom. The highest BCUT2D eigenvalue weighted by molar-refractivity contribution is 5.17. The van der Waals surface area contributed by atoms with Crippen molar-refractivity contribution in [2.75, 3.05) is 6.54 Å². The van der Waals surface area contributed by atoms with Gasteiger partial charge in [0.25, 0.3) is 0 Å². The van der Waals surface area contributed by atoms with E-state index in [2.05, 4.69) is 49.4 Å². The summed E-state index contributed by atoms with van der Waals surface area (Å²) in [7, 11) is 0. The van der Waals surface area contributed by atoms with Gasteiger partial charge in [-0.05, 0) is 0 Å². The largest absolute Gasteiger partial charge is 0.238 e. The van der Waals surface area contributed by atoms with Gasteiger partial charge in [-0.15, -0.1) is 0 Å². The molecule has 0 heterocycles. The third-order valence-corrected chi connectivity index (χ3v) is 1.87. The number of hydrogen-bond donors (Lipinski definition) is 0. The van der Waals surface area contributed by atoms with Crippen LogP contribution >= 0.6 is 0 Å². The molecule has 0 unspecified atom stereocenters. The van der Waals surface area contributed by atoms with Crippen LogP contribution in [0.5, 0.6) is 0 Å². The molecule has 1 rings (SSSR count). The van der Waals surface area contributed by atoms with Gasteiger partial charge in [-0.1, -0.05) is 44.2 Å². The van der Waals surface area contributed by atoms with Crippen LogP contribution in [0.2, 0.25) is 0 Å². The Kier molecular flexibility index (Phi) is 3.69. The van der Waals surface area contributed by atoms with E-state index in [0.29, 0.717) is 5.92 Å². The normalized spacial score (nSPS) is 10.4. The molecule has 0 fully saturated rings. The predicted octanol–water partition coefficient (Wildman–Crippen LogP) is 2.56. The van der Waals surface area contributed by atoms with Crippen molar-refractivity contribution in [1.29, 1.82) is 0 Å². The van der Waals surface area contributed by atoms with Gasteiger partial charge in [0.05, 0.1) is 0 Å². The van der Waals surface area contributed by atoms with Crippen LogP contribution in [0.1, 0.15) is 19.4 Å². The van der Waals surface area contributed by atoms with Gasteiger partial charge in [0.1, 0.15) is 13.3 Å². The molecule has 0 N–H and O–H groups in total. The van der Waals surface area contributed by atoms with E-state index in [1.165, 1.54) is 5.56 Å². The van der Waals surface area contributed by atoms with E-state index < -0.39 is 0 Å². The van der Waals surface area contributed by atoms with Crippen molar-refractivity contribution in [3.63, 3.8) is 0 Å². The molecular formula is C12H18N+. The molecular weight excluding hydrogens is 158 g/mol. The lowest BCUT2D eigenvalue weighted by molar-refractivity contribution is -0.541. The number of rotatable bonds is 4. The summed E-state index contributed by atoms with van der Waals surface area (Å²) in [6.07, 6.45) is 0. The van der Waals surface area contributed by atoms with E-state index in [0.717, 1.165) is 13.1 Å². The van der Waals surface area contributed by atoms with Gasteiger partial charge in [-0.25, -0.2) is 4.58 Å². The quantitative estimate of drug-likeness (QED) is 0.490. The van der Waals surface area contributed by atoms with Crippen molar-refractivity contribution >= 4 is 6.72 Å². The van der Waals surface area contributed by atoms with E-state index in [1.807, 2.05) is 6.07 Å². The summed E-state index contributed by atoms with van der Waals surface area (Å²) < 4.78 is 2.11. The first kappa shape index (κ1) is 9.97. The Labute approximate surface area is 80.7 Å². The van der Waals surface area contributed by atoms with Gasteiger partial charge >= 0.3 is 0 Å². The molecule has 0 radical (unpaired) electrons. The van der Waals surface area contributed by atoms with Crippen LogP contribution in [-0.2, 0) is 6.54 Å². The molecule has 0 aromatic heterocycles. The van der Waals surface area contributed by atoms with Crippen molar-refractivity contribution in [3.05, 3.63) is 35.9 Å². The average molecular weight is 176 g/mol. The van der Waals surface area contributed by atoms with Crippen LogP contribution < -0.4 is 0 Å². The minimum Gasteiger partial charge on any atom is -0.238 e. The average Bonchev–Trinajstić information content (AvgIpc) is 2.04. The van der Waals surface area contributed by atoms with Crippen molar-refractivity contribution in [2.45, 2.75) is 20.4 Å². The molecule has 0 amide bonds. The van der Waals surface area contributed by atoms with E-state index >= 15 is 0 Å². The van der Waals surface area contributed by atoms with E-state index in [1.54, 1.807) is 0 Å². The van der Waals surface area contributed by atoms with Gasteiger partial charge in [0.15, 0.2) is 6.54 Å². The highest BCUT2D eigenvalue weighted by Gasteiger charge is 2.04. The first-order chi connectivity index (χ1) is 6.18. The summed E-state index contributed by atoms with van der Waals surface area (Å²) >= 11 is 0. The number of benzene rings is 1. The second kappa shape index (κ2) is 4.80. The highest BCUT2D eigenvalue weighted by atomic mass is 15.0. The predicted molar refractivity (Wildman–Crippen MR) is 57.2 cm³/mol. The molecule has 1 heteroatoms. The smallest absolute Gasteiger partial charge is 0.167 e. The highest BCUT2D eigenvalue weighted by Crippen LogP contribution is 2.01. The summed E-state index contributed by atoms with van der Waals surface area (Å²) in [4.78, 5) is 0. The zero-order chi connectivity index (χ0) is 9.68. The first-order valence-corrected chi connectivity index (χ1v) is 4.78. The van der Waals surface area contributed by atoms with E-state index in [-0.39, 0.29) is 0 Å². The molecule has 0 aliphatic carbocycles. The van der Waals surface area contributed by atoms with Crippen molar-refractivity contribution < 1.29 is 4.58 Å². The molecule has 1 aromatic carbocycles. The van der Waals surface area contributed by atoms with Gasteiger partial charge in [0, 0.05) is 11.5 Å². The zero-order valence-electron chi connectivity index (χ0n) is 8.53. The standard InChI is InChI=1S/C12H18N/c1-11(2)9-13(3)10-12-7-5-4-6-8-12/h4-8,11H,3,9-10H2,1-2H3/q+1. The van der Waals surface area contributed by atoms with Crippen molar-refractivity contribution in [3.8, 4) is 0 Å². The molecule has 0 saturated heterocycles. The van der Waals surface area contributed by atoms with Gasteiger partial charge < -0.3 is 0 Å². The Balaban J connectivity index is 2.46. The summed E-state index contributed by atoms with van der Waals surface area (Å²) in [5.41, 5.74) is 1.33. The lowest BCUT2D eigenvalue weighted by Crippen LogP contribution is -2.15. The topological polar surface area (TPSA) is 3.01 Å². The van der Waals surface area contributed by atoms with Crippen LogP contribution in [0.25, 0.3) is 0 Å². The molecule has 0 atom stereocenters. The summed E-state index contributed by atoms with van der Waals surface area (Å²) in [5, 5.41) is 0. The van der Waals surface area contributed by atoms with Crippen LogP contribution in [0.4, 0.5) is 0 Å². The Morgan fingerprint density at radius 1 is 1.23 bits per heavy atom. The fourth-order valence-electron chi connectivity index (χ4n) is 1.42. The fourth-order valence-corrected chi connectivity index (χ4v) is 1.42. The van der Waals surface area contributed by atoms with E-state index in [4.69, 9.17) is 0 Å². The number of nitrogens with zero attached hydrogens (tertiary/aromatic N) is 1. The van der Waals surface area contributed by atoms with Gasteiger partial charge in [-0.2, -0.15) is 0 Å². The molecule has 1 nitrogen and oxygen atoms in total. The lowest BCUT2D eigenvalue weighted by atomic mass is 10.2. The minimum atomic E-state index is 0.682. The molecule has 0 bridgehead atoms.